The summed E-state index contributed by atoms with van der Waals surface area (Å²) < 4.78 is 20.3. The minimum Gasteiger partial charge on any atom is -0.508 e. The minimum absolute atomic E-state index is 0.0658. The summed E-state index contributed by atoms with van der Waals surface area (Å²) in [6.45, 7) is -1.29. The fourth-order valence-corrected chi connectivity index (χ4v) is 2.94. The number of phenols is 1. The zero-order chi connectivity index (χ0) is 24.5. The number of hydrogen-bond donors (Lipinski definition) is 6. The lowest BCUT2D eigenvalue weighted by molar-refractivity contribution is -0.318. The first-order valence-corrected chi connectivity index (χ1v) is 10.0. The van der Waals surface area contributed by atoms with Gasteiger partial charge in [0.05, 0.1) is 26.2 Å². The average Bonchev–Trinajstić information content (AvgIpc) is 2.81. The summed E-state index contributed by atoms with van der Waals surface area (Å²) in [5.41, 5.74) is 0.616. The number of phenolic OH excluding ortho intramolecular Hbond substituents is 1. The first-order chi connectivity index (χ1) is 15.7. The van der Waals surface area contributed by atoms with Crippen LogP contribution in [0.25, 0.3) is 6.08 Å². The van der Waals surface area contributed by atoms with Crippen LogP contribution in [0.1, 0.15) is 12.0 Å². The van der Waals surface area contributed by atoms with Gasteiger partial charge in [-0.2, -0.15) is 0 Å². The lowest BCUT2D eigenvalue weighted by Crippen LogP contribution is -2.60. The number of aliphatic hydroxyl groups excluding tert-OH is 5. The molecule has 0 aromatic heterocycles. The van der Waals surface area contributed by atoms with E-state index in [4.69, 9.17) is 14.2 Å². The second-order valence-corrected chi connectivity index (χ2v) is 7.27. The standard InChI is InChI=1S/C21H28O12/c1-30-17(26)8-14(13(24)9-22)32-21-20(29)19(28)18(27)15(33-21)10-31-16(25)7-4-11-2-5-12(23)6-3-11/h2-7,13-15,18-24,27-29H,8-10H2,1H3/t13-,14+,15-,18-,19+,20-,21-/m1/s1. The van der Waals surface area contributed by atoms with E-state index in [2.05, 4.69) is 4.74 Å². The molecule has 184 valence electrons. The smallest absolute Gasteiger partial charge is 0.330 e. The summed E-state index contributed by atoms with van der Waals surface area (Å²) in [5.74, 6) is -1.50. The molecule has 0 spiro atoms. The van der Waals surface area contributed by atoms with Crippen LogP contribution in [0.3, 0.4) is 0 Å². The molecule has 33 heavy (non-hydrogen) atoms. The molecule has 0 saturated carbocycles. The van der Waals surface area contributed by atoms with Crippen molar-refractivity contribution in [3.8, 4) is 5.75 Å². The number of ether oxygens (including phenoxy) is 4. The lowest BCUT2D eigenvalue weighted by Gasteiger charge is -2.41. The van der Waals surface area contributed by atoms with Crippen molar-refractivity contribution in [1.82, 2.24) is 0 Å². The minimum atomic E-state index is -1.77. The Kier molecular flexibility index (Phi) is 10.2. The molecule has 2 rings (SSSR count). The molecule has 1 aromatic carbocycles. The van der Waals surface area contributed by atoms with E-state index in [0.717, 1.165) is 13.2 Å². The molecule has 6 N–H and O–H groups in total. The summed E-state index contributed by atoms with van der Waals surface area (Å²) in [6, 6.07) is 6.01. The number of methoxy groups -OCH3 is 1. The first kappa shape index (κ1) is 26.7. The molecule has 0 aliphatic carbocycles. The van der Waals surface area contributed by atoms with Crippen molar-refractivity contribution in [2.45, 2.75) is 49.3 Å². The molecule has 0 unspecified atom stereocenters. The van der Waals surface area contributed by atoms with Crippen LogP contribution >= 0.6 is 0 Å². The summed E-state index contributed by atoms with van der Waals surface area (Å²) in [5, 5.41) is 58.8. The fourth-order valence-electron chi connectivity index (χ4n) is 2.94. The highest BCUT2D eigenvalue weighted by Gasteiger charge is 2.46. The van der Waals surface area contributed by atoms with Gasteiger partial charge in [-0.1, -0.05) is 12.1 Å². The molecular weight excluding hydrogens is 444 g/mol. The SMILES string of the molecule is COC(=O)C[C@H](O[C@@H]1O[C@H](COC(=O)C=Cc2ccc(O)cc2)[C@@H](O)[C@H](O)[C@H]1O)[C@H](O)CO. The van der Waals surface area contributed by atoms with Crippen LogP contribution < -0.4 is 0 Å². The molecule has 7 atom stereocenters. The normalized spacial score (nSPS) is 27.2. The van der Waals surface area contributed by atoms with Gasteiger partial charge < -0.3 is 49.6 Å². The van der Waals surface area contributed by atoms with E-state index in [1.807, 2.05) is 0 Å². The summed E-state index contributed by atoms with van der Waals surface area (Å²) in [6.07, 6.45) is -8.98. The molecule has 0 bridgehead atoms. The Morgan fingerprint density at radius 3 is 2.39 bits per heavy atom. The summed E-state index contributed by atoms with van der Waals surface area (Å²) >= 11 is 0. The first-order valence-electron chi connectivity index (χ1n) is 10.0. The van der Waals surface area contributed by atoms with Crippen LogP contribution in [-0.2, 0) is 28.5 Å². The molecule has 1 aromatic rings. The highest BCUT2D eigenvalue weighted by Crippen LogP contribution is 2.25. The molecular formula is C21H28O12. The summed E-state index contributed by atoms with van der Waals surface area (Å²) in [4.78, 5) is 23.5. The quantitative estimate of drug-likeness (QED) is 0.163. The van der Waals surface area contributed by atoms with Gasteiger partial charge in [0.2, 0.25) is 0 Å². The van der Waals surface area contributed by atoms with Crippen molar-refractivity contribution in [2.75, 3.05) is 20.3 Å². The van der Waals surface area contributed by atoms with E-state index >= 15 is 0 Å². The Bertz CT molecular complexity index is 795. The van der Waals surface area contributed by atoms with E-state index in [0.29, 0.717) is 5.56 Å². The second-order valence-electron chi connectivity index (χ2n) is 7.27. The molecule has 12 heteroatoms. The van der Waals surface area contributed by atoms with E-state index < -0.39 is 74.5 Å². The third kappa shape index (κ3) is 7.75. The third-order valence-electron chi connectivity index (χ3n) is 4.88. The zero-order valence-corrected chi connectivity index (χ0v) is 17.8. The van der Waals surface area contributed by atoms with Gasteiger partial charge in [0.1, 0.15) is 42.9 Å². The van der Waals surface area contributed by atoms with Gasteiger partial charge >= 0.3 is 11.9 Å². The Morgan fingerprint density at radius 1 is 1.12 bits per heavy atom. The van der Waals surface area contributed by atoms with Crippen LogP contribution in [0, 0.1) is 0 Å². The number of esters is 2. The highest BCUT2D eigenvalue weighted by atomic mass is 16.7. The molecule has 12 nitrogen and oxygen atoms in total. The molecule has 1 fully saturated rings. The van der Waals surface area contributed by atoms with Crippen molar-refractivity contribution in [3.05, 3.63) is 35.9 Å². The highest BCUT2D eigenvalue weighted by molar-refractivity contribution is 5.87. The molecule has 1 heterocycles. The van der Waals surface area contributed by atoms with Gasteiger partial charge in [-0.3, -0.25) is 4.79 Å². The molecule has 1 aliphatic heterocycles. The van der Waals surface area contributed by atoms with Crippen LogP contribution in [0.15, 0.2) is 30.3 Å². The van der Waals surface area contributed by atoms with Gasteiger partial charge in [0.15, 0.2) is 6.29 Å². The number of carbonyl (C=O) groups is 2. The Hall–Kier alpha value is -2.58. The number of aliphatic hydroxyl groups is 5. The Morgan fingerprint density at radius 2 is 1.79 bits per heavy atom. The Labute approximate surface area is 189 Å². The van der Waals surface area contributed by atoms with Crippen molar-refractivity contribution < 1.29 is 59.2 Å². The maximum atomic E-state index is 12.0. The lowest BCUT2D eigenvalue weighted by atomic mass is 9.99. The third-order valence-corrected chi connectivity index (χ3v) is 4.88. The summed E-state index contributed by atoms with van der Waals surface area (Å²) in [7, 11) is 1.11. The van der Waals surface area contributed by atoms with Gasteiger partial charge in [0, 0.05) is 6.08 Å². The predicted molar refractivity (Wildman–Crippen MR) is 109 cm³/mol. The number of hydrogen-bond acceptors (Lipinski definition) is 12. The molecule has 1 aliphatic rings. The monoisotopic (exact) mass is 472 g/mol. The molecule has 0 radical (unpaired) electrons. The fraction of sp³-hybridized carbons (Fsp3) is 0.524. The second kappa shape index (κ2) is 12.6. The van der Waals surface area contributed by atoms with Gasteiger partial charge in [-0.05, 0) is 23.8 Å². The van der Waals surface area contributed by atoms with Gasteiger partial charge in [-0.25, -0.2) is 4.79 Å². The topological polar surface area (TPSA) is 192 Å². The largest absolute Gasteiger partial charge is 0.508 e. The number of benzene rings is 1. The van der Waals surface area contributed by atoms with Gasteiger partial charge in [0.25, 0.3) is 0 Å². The van der Waals surface area contributed by atoms with E-state index in [1.165, 1.54) is 18.2 Å². The van der Waals surface area contributed by atoms with Crippen molar-refractivity contribution >= 4 is 18.0 Å². The zero-order valence-electron chi connectivity index (χ0n) is 17.8. The number of carbonyl (C=O) groups excluding carboxylic acids is 2. The van der Waals surface area contributed by atoms with Crippen molar-refractivity contribution in [3.63, 3.8) is 0 Å². The maximum Gasteiger partial charge on any atom is 0.330 e. The predicted octanol–water partition coefficient (Wildman–Crippen LogP) is -1.94. The van der Waals surface area contributed by atoms with Crippen LogP contribution in [0.4, 0.5) is 0 Å². The molecule has 1 saturated heterocycles. The van der Waals surface area contributed by atoms with Crippen LogP contribution in [0.2, 0.25) is 0 Å². The van der Waals surface area contributed by atoms with E-state index in [-0.39, 0.29) is 5.75 Å². The van der Waals surface area contributed by atoms with E-state index in [1.54, 1.807) is 12.1 Å². The number of rotatable bonds is 10. The Balaban J connectivity index is 1.99. The van der Waals surface area contributed by atoms with Crippen LogP contribution in [0.5, 0.6) is 5.75 Å². The van der Waals surface area contributed by atoms with Crippen LogP contribution in [-0.4, -0.2) is 106 Å². The van der Waals surface area contributed by atoms with Crippen molar-refractivity contribution in [2.24, 2.45) is 0 Å². The average molecular weight is 472 g/mol. The number of aromatic hydroxyl groups is 1. The molecule has 0 amide bonds. The van der Waals surface area contributed by atoms with Crippen molar-refractivity contribution in [1.29, 1.82) is 0 Å². The van der Waals surface area contributed by atoms with Gasteiger partial charge in [-0.15, -0.1) is 0 Å². The van der Waals surface area contributed by atoms with E-state index in [9.17, 15) is 40.2 Å². The maximum absolute atomic E-state index is 12.0.